The van der Waals surface area contributed by atoms with Crippen molar-refractivity contribution in [2.45, 2.75) is 25.3 Å². The molecule has 0 aliphatic heterocycles. The molecule has 1 fully saturated rings. The van der Waals surface area contributed by atoms with Gasteiger partial charge in [-0.25, -0.2) is 4.79 Å². The molecule has 1 amide bonds. The fourth-order valence-corrected chi connectivity index (χ4v) is 2.36. The van der Waals surface area contributed by atoms with Crippen LogP contribution in [0.3, 0.4) is 0 Å². The van der Waals surface area contributed by atoms with Gasteiger partial charge in [-0.3, -0.25) is 4.79 Å². The van der Waals surface area contributed by atoms with Crippen molar-refractivity contribution in [1.82, 2.24) is 0 Å². The lowest BCUT2D eigenvalue weighted by Crippen LogP contribution is -2.34. The number of rotatable bonds is 3. The van der Waals surface area contributed by atoms with Crippen LogP contribution in [0.25, 0.3) is 0 Å². The Bertz CT molecular complexity index is 470. The van der Waals surface area contributed by atoms with Crippen molar-refractivity contribution in [3.63, 3.8) is 0 Å². The standard InChI is InChI=1S/C14H18N2O3/c1-19-14(18)9-5-7-10(8-6-9)16-13(17)11-3-2-4-12(11)15/h5-8,11-12H,2-4,15H2,1H3,(H,16,17). The Morgan fingerprint density at radius 2 is 1.95 bits per heavy atom. The van der Waals surface area contributed by atoms with Crippen LogP contribution in [0.4, 0.5) is 5.69 Å². The Kier molecular flexibility index (Phi) is 4.16. The number of ether oxygens (including phenoxy) is 1. The zero-order valence-corrected chi connectivity index (χ0v) is 10.9. The van der Waals surface area contributed by atoms with Crippen LogP contribution in [-0.2, 0) is 9.53 Å². The largest absolute Gasteiger partial charge is 0.465 e. The predicted molar refractivity (Wildman–Crippen MR) is 71.7 cm³/mol. The minimum Gasteiger partial charge on any atom is -0.465 e. The summed E-state index contributed by atoms with van der Waals surface area (Å²) in [6.45, 7) is 0. The first-order valence-electron chi connectivity index (χ1n) is 6.36. The molecule has 0 aromatic heterocycles. The molecule has 5 heteroatoms. The monoisotopic (exact) mass is 262 g/mol. The number of amides is 1. The van der Waals surface area contributed by atoms with Crippen LogP contribution in [0.2, 0.25) is 0 Å². The number of carbonyl (C=O) groups is 2. The Morgan fingerprint density at radius 1 is 1.26 bits per heavy atom. The van der Waals surface area contributed by atoms with Crippen LogP contribution >= 0.6 is 0 Å². The summed E-state index contributed by atoms with van der Waals surface area (Å²) in [5.74, 6) is -0.549. The summed E-state index contributed by atoms with van der Waals surface area (Å²) in [6.07, 6.45) is 2.74. The molecule has 1 aromatic rings. The lowest BCUT2D eigenvalue weighted by Gasteiger charge is -2.15. The van der Waals surface area contributed by atoms with E-state index < -0.39 is 5.97 Å². The van der Waals surface area contributed by atoms with Crippen molar-refractivity contribution in [2.75, 3.05) is 12.4 Å². The number of nitrogens with two attached hydrogens (primary N) is 1. The third kappa shape index (κ3) is 3.12. The smallest absolute Gasteiger partial charge is 0.337 e. The summed E-state index contributed by atoms with van der Waals surface area (Å²) in [6, 6.07) is 6.57. The van der Waals surface area contributed by atoms with Crippen molar-refractivity contribution in [3.05, 3.63) is 29.8 Å². The number of carbonyl (C=O) groups excluding carboxylic acids is 2. The van der Waals surface area contributed by atoms with Crippen LogP contribution in [-0.4, -0.2) is 25.0 Å². The van der Waals surface area contributed by atoms with Crippen molar-refractivity contribution in [1.29, 1.82) is 0 Å². The Balaban J connectivity index is 1.99. The van der Waals surface area contributed by atoms with Crippen molar-refractivity contribution in [2.24, 2.45) is 11.7 Å². The molecule has 5 nitrogen and oxygen atoms in total. The number of hydrogen-bond donors (Lipinski definition) is 2. The summed E-state index contributed by atoms with van der Waals surface area (Å²) in [5.41, 5.74) is 7.01. The summed E-state index contributed by atoms with van der Waals surface area (Å²) in [4.78, 5) is 23.3. The van der Waals surface area contributed by atoms with E-state index in [0.717, 1.165) is 19.3 Å². The maximum absolute atomic E-state index is 12.0. The summed E-state index contributed by atoms with van der Waals surface area (Å²) in [5, 5.41) is 2.83. The second-order valence-corrected chi connectivity index (χ2v) is 4.76. The number of anilines is 1. The first-order valence-corrected chi connectivity index (χ1v) is 6.36. The molecule has 3 N–H and O–H groups in total. The third-order valence-electron chi connectivity index (χ3n) is 3.48. The van der Waals surface area contributed by atoms with E-state index in [1.54, 1.807) is 24.3 Å². The first-order chi connectivity index (χ1) is 9.11. The molecule has 0 spiro atoms. The van der Waals surface area contributed by atoms with E-state index in [0.29, 0.717) is 11.3 Å². The third-order valence-corrected chi connectivity index (χ3v) is 3.48. The quantitative estimate of drug-likeness (QED) is 0.809. The molecule has 1 aliphatic carbocycles. The highest BCUT2D eigenvalue weighted by Crippen LogP contribution is 2.25. The molecule has 2 unspecified atom stereocenters. The maximum atomic E-state index is 12.0. The molecule has 0 saturated heterocycles. The van der Waals surface area contributed by atoms with Gasteiger partial charge in [0.2, 0.25) is 5.91 Å². The normalized spacial score (nSPS) is 22.0. The van der Waals surface area contributed by atoms with Gasteiger partial charge in [-0.15, -0.1) is 0 Å². The van der Waals surface area contributed by atoms with Gasteiger partial charge in [0, 0.05) is 11.7 Å². The van der Waals surface area contributed by atoms with Crippen LogP contribution in [0.15, 0.2) is 24.3 Å². The Labute approximate surface area is 112 Å². The van der Waals surface area contributed by atoms with Crippen LogP contribution in [0, 0.1) is 5.92 Å². The van der Waals surface area contributed by atoms with Gasteiger partial charge >= 0.3 is 5.97 Å². The topological polar surface area (TPSA) is 81.4 Å². The second-order valence-electron chi connectivity index (χ2n) is 4.76. The van der Waals surface area contributed by atoms with Gasteiger partial charge in [-0.05, 0) is 37.1 Å². The maximum Gasteiger partial charge on any atom is 0.337 e. The zero-order valence-electron chi connectivity index (χ0n) is 10.9. The molecule has 1 saturated carbocycles. The zero-order chi connectivity index (χ0) is 13.8. The molecule has 0 bridgehead atoms. The van der Waals surface area contributed by atoms with Crippen LogP contribution in [0.1, 0.15) is 29.6 Å². The summed E-state index contributed by atoms with van der Waals surface area (Å²) < 4.78 is 4.61. The molecule has 0 radical (unpaired) electrons. The second kappa shape index (κ2) is 5.84. The van der Waals surface area contributed by atoms with E-state index >= 15 is 0 Å². The SMILES string of the molecule is COC(=O)c1ccc(NC(=O)C2CCCC2N)cc1. The number of esters is 1. The van der Waals surface area contributed by atoms with E-state index in [-0.39, 0.29) is 17.9 Å². The minimum atomic E-state index is -0.393. The van der Waals surface area contributed by atoms with Gasteiger partial charge in [0.25, 0.3) is 0 Å². The van der Waals surface area contributed by atoms with Gasteiger partial charge in [-0.1, -0.05) is 6.42 Å². The molecule has 1 aromatic carbocycles. The molecule has 1 aliphatic rings. The number of methoxy groups -OCH3 is 1. The van der Waals surface area contributed by atoms with Gasteiger partial charge < -0.3 is 15.8 Å². The molecule has 102 valence electrons. The number of benzene rings is 1. The molecular formula is C14H18N2O3. The van der Waals surface area contributed by atoms with Gasteiger partial charge in [-0.2, -0.15) is 0 Å². The van der Waals surface area contributed by atoms with Gasteiger partial charge in [0.1, 0.15) is 0 Å². The highest BCUT2D eigenvalue weighted by atomic mass is 16.5. The first kappa shape index (κ1) is 13.5. The average molecular weight is 262 g/mol. The molecular weight excluding hydrogens is 244 g/mol. The molecule has 0 heterocycles. The highest BCUT2D eigenvalue weighted by molar-refractivity contribution is 5.94. The average Bonchev–Trinajstić information content (AvgIpc) is 2.85. The van der Waals surface area contributed by atoms with E-state index in [4.69, 9.17) is 5.73 Å². The fraction of sp³-hybridized carbons (Fsp3) is 0.429. The van der Waals surface area contributed by atoms with Crippen molar-refractivity contribution in [3.8, 4) is 0 Å². The van der Waals surface area contributed by atoms with Crippen molar-refractivity contribution >= 4 is 17.6 Å². The van der Waals surface area contributed by atoms with Crippen LogP contribution < -0.4 is 11.1 Å². The summed E-state index contributed by atoms with van der Waals surface area (Å²) in [7, 11) is 1.33. The van der Waals surface area contributed by atoms with Gasteiger partial charge in [0.05, 0.1) is 18.6 Å². The lowest BCUT2D eigenvalue weighted by atomic mass is 10.0. The summed E-state index contributed by atoms with van der Waals surface area (Å²) >= 11 is 0. The van der Waals surface area contributed by atoms with Crippen molar-refractivity contribution < 1.29 is 14.3 Å². The number of nitrogens with one attached hydrogen (secondary N) is 1. The lowest BCUT2D eigenvalue weighted by molar-refractivity contribution is -0.120. The minimum absolute atomic E-state index is 0.0455. The predicted octanol–water partition coefficient (Wildman–Crippen LogP) is 1.54. The molecule has 2 rings (SSSR count). The Hall–Kier alpha value is -1.88. The number of hydrogen-bond acceptors (Lipinski definition) is 4. The van der Waals surface area contributed by atoms with Gasteiger partial charge in [0.15, 0.2) is 0 Å². The van der Waals surface area contributed by atoms with E-state index in [9.17, 15) is 9.59 Å². The molecule has 19 heavy (non-hydrogen) atoms. The van der Waals surface area contributed by atoms with E-state index in [1.807, 2.05) is 0 Å². The highest BCUT2D eigenvalue weighted by Gasteiger charge is 2.30. The van der Waals surface area contributed by atoms with E-state index in [1.165, 1.54) is 7.11 Å². The molecule has 2 atom stereocenters. The van der Waals surface area contributed by atoms with E-state index in [2.05, 4.69) is 10.1 Å². The fourth-order valence-electron chi connectivity index (χ4n) is 2.36. The Morgan fingerprint density at radius 3 is 2.47 bits per heavy atom. The van der Waals surface area contributed by atoms with Crippen LogP contribution in [0.5, 0.6) is 0 Å².